The summed E-state index contributed by atoms with van der Waals surface area (Å²) in [6.07, 6.45) is 1.85. The van der Waals surface area contributed by atoms with Gasteiger partial charge in [-0.05, 0) is 24.8 Å². The fourth-order valence-electron chi connectivity index (χ4n) is 3.94. The van der Waals surface area contributed by atoms with Crippen molar-refractivity contribution < 1.29 is 4.39 Å². The zero-order valence-corrected chi connectivity index (χ0v) is 14.8. The normalized spacial score (nSPS) is 24.7. The van der Waals surface area contributed by atoms with Gasteiger partial charge < -0.3 is 10.6 Å². The summed E-state index contributed by atoms with van der Waals surface area (Å²) in [6.45, 7) is 1.04. The molecule has 0 radical (unpaired) electrons. The third kappa shape index (κ3) is 2.37. The van der Waals surface area contributed by atoms with Gasteiger partial charge in [0.25, 0.3) is 0 Å². The molecule has 2 N–H and O–H groups in total. The second kappa shape index (κ2) is 6.46. The van der Waals surface area contributed by atoms with Crippen LogP contribution in [0.15, 0.2) is 41.1 Å². The zero-order chi connectivity index (χ0) is 19.1. The summed E-state index contributed by atoms with van der Waals surface area (Å²) in [5, 5.41) is 29.5. The standard InChI is InChI=1S/C19H15ClFN5/c1-26-6-5-11-12(7-22)18(25)19(9-23,10-24)17(13(11)8-26)16-14(20)3-2-4-15(16)21/h2-5,13,17H,6,8,25H2,1H3. The molecule has 1 aliphatic carbocycles. The van der Waals surface area contributed by atoms with Crippen molar-refractivity contribution in [1.82, 2.24) is 4.90 Å². The molecule has 0 spiro atoms. The predicted octanol–water partition coefficient (Wildman–Crippen LogP) is 2.83. The van der Waals surface area contributed by atoms with Crippen molar-refractivity contribution >= 4 is 11.6 Å². The molecule has 5 nitrogen and oxygen atoms in total. The molecule has 0 fully saturated rings. The lowest BCUT2D eigenvalue weighted by Gasteiger charge is -2.45. The molecular formula is C19H15ClFN5. The van der Waals surface area contributed by atoms with Gasteiger partial charge in [-0.2, -0.15) is 15.8 Å². The van der Waals surface area contributed by atoms with Gasteiger partial charge in [0.2, 0.25) is 0 Å². The number of allylic oxidation sites excluding steroid dienone is 2. The highest BCUT2D eigenvalue weighted by molar-refractivity contribution is 6.31. The van der Waals surface area contributed by atoms with E-state index in [1.165, 1.54) is 18.2 Å². The Kier molecular flexibility index (Phi) is 4.46. The van der Waals surface area contributed by atoms with Gasteiger partial charge in [0.15, 0.2) is 5.41 Å². The topological polar surface area (TPSA) is 101 Å². The highest BCUT2D eigenvalue weighted by atomic mass is 35.5. The van der Waals surface area contributed by atoms with Gasteiger partial charge in [0.1, 0.15) is 11.9 Å². The number of hydrogen-bond acceptors (Lipinski definition) is 5. The fraction of sp³-hybridized carbons (Fsp3) is 0.316. The van der Waals surface area contributed by atoms with E-state index >= 15 is 0 Å². The molecule has 1 heterocycles. The van der Waals surface area contributed by atoms with E-state index in [0.717, 1.165) is 0 Å². The number of benzene rings is 1. The largest absolute Gasteiger partial charge is 0.399 e. The van der Waals surface area contributed by atoms with Crippen molar-refractivity contribution in [1.29, 1.82) is 15.8 Å². The summed E-state index contributed by atoms with van der Waals surface area (Å²) in [5.41, 5.74) is 5.00. The first-order chi connectivity index (χ1) is 12.4. The average Bonchev–Trinajstić information content (AvgIpc) is 2.62. The molecule has 3 rings (SSSR count). The highest BCUT2D eigenvalue weighted by Gasteiger charge is 2.55. The van der Waals surface area contributed by atoms with Crippen molar-refractivity contribution in [2.45, 2.75) is 5.92 Å². The Balaban J connectivity index is 2.41. The molecule has 130 valence electrons. The Morgan fingerprint density at radius 2 is 2.00 bits per heavy atom. The summed E-state index contributed by atoms with van der Waals surface area (Å²) >= 11 is 6.28. The van der Waals surface area contributed by atoms with Crippen LogP contribution in [-0.4, -0.2) is 25.0 Å². The molecule has 0 amide bonds. The summed E-state index contributed by atoms with van der Waals surface area (Å²) < 4.78 is 14.8. The first-order valence-electron chi connectivity index (χ1n) is 7.97. The molecule has 1 aliphatic heterocycles. The fourth-order valence-corrected chi connectivity index (χ4v) is 4.22. The zero-order valence-electron chi connectivity index (χ0n) is 14.0. The van der Waals surface area contributed by atoms with Crippen LogP contribution >= 0.6 is 11.6 Å². The van der Waals surface area contributed by atoms with Crippen molar-refractivity contribution in [3.63, 3.8) is 0 Å². The van der Waals surface area contributed by atoms with Gasteiger partial charge in [0, 0.05) is 35.5 Å². The lowest BCUT2D eigenvalue weighted by Crippen LogP contribution is -2.47. The molecule has 2 atom stereocenters. The molecule has 0 saturated heterocycles. The second-order valence-corrected chi connectivity index (χ2v) is 6.94. The maximum absolute atomic E-state index is 14.8. The van der Waals surface area contributed by atoms with E-state index in [1.54, 1.807) is 0 Å². The van der Waals surface area contributed by atoms with Gasteiger partial charge in [-0.1, -0.05) is 23.7 Å². The lowest BCUT2D eigenvalue weighted by atomic mass is 9.58. The van der Waals surface area contributed by atoms with Crippen LogP contribution in [0.2, 0.25) is 5.02 Å². The van der Waals surface area contributed by atoms with E-state index in [2.05, 4.69) is 0 Å². The van der Waals surface area contributed by atoms with Crippen LogP contribution in [-0.2, 0) is 0 Å². The van der Waals surface area contributed by atoms with Crippen LogP contribution in [0.4, 0.5) is 4.39 Å². The highest BCUT2D eigenvalue weighted by Crippen LogP contribution is 2.55. The lowest BCUT2D eigenvalue weighted by molar-refractivity contribution is 0.234. The van der Waals surface area contributed by atoms with Gasteiger partial charge in [0.05, 0.1) is 23.4 Å². The van der Waals surface area contributed by atoms with E-state index in [9.17, 15) is 20.2 Å². The van der Waals surface area contributed by atoms with Crippen LogP contribution in [0, 0.1) is 51.1 Å². The monoisotopic (exact) mass is 367 g/mol. The molecule has 0 aromatic heterocycles. The summed E-state index contributed by atoms with van der Waals surface area (Å²) in [6, 6.07) is 10.2. The Bertz CT molecular complexity index is 925. The van der Waals surface area contributed by atoms with Gasteiger partial charge in [-0.15, -0.1) is 0 Å². The SMILES string of the molecule is CN1CC=C2C(C#N)=C(N)C(C#N)(C#N)C(c3c(F)cccc3Cl)C2C1. The molecule has 0 saturated carbocycles. The van der Waals surface area contributed by atoms with Crippen molar-refractivity contribution in [2.24, 2.45) is 17.1 Å². The number of fused-ring (bicyclic) bond motifs is 1. The summed E-state index contributed by atoms with van der Waals surface area (Å²) in [5.74, 6) is -1.97. The van der Waals surface area contributed by atoms with E-state index in [-0.39, 0.29) is 21.9 Å². The van der Waals surface area contributed by atoms with Gasteiger partial charge in [-0.3, -0.25) is 0 Å². The molecule has 1 aromatic carbocycles. The minimum Gasteiger partial charge on any atom is -0.399 e. The van der Waals surface area contributed by atoms with Crippen molar-refractivity contribution in [3.8, 4) is 18.2 Å². The van der Waals surface area contributed by atoms with Crippen LogP contribution in [0.1, 0.15) is 11.5 Å². The quantitative estimate of drug-likeness (QED) is 0.822. The summed E-state index contributed by atoms with van der Waals surface area (Å²) in [7, 11) is 1.88. The molecule has 2 unspecified atom stereocenters. The minimum atomic E-state index is -1.88. The second-order valence-electron chi connectivity index (χ2n) is 6.53. The Morgan fingerprint density at radius 1 is 1.31 bits per heavy atom. The van der Waals surface area contributed by atoms with Crippen molar-refractivity contribution in [2.75, 3.05) is 20.1 Å². The van der Waals surface area contributed by atoms with E-state index < -0.39 is 23.1 Å². The average molecular weight is 368 g/mol. The van der Waals surface area contributed by atoms with Gasteiger partial charge >= 0.3 is 0 Å². The van der Waals surface area contributed by atoms with E-state index in [4.69, 9.17) is 17.3 Å². The first-order valence-corrected chi connectivity index (χ1v) is 8.34. The number of halogens is 2. The number of nitrogens with zero attached hydrogens (tertiary/aromatic N) is 4. The molecule has 26 heavy (non-hydrogen) atoms. The summed E-state index contributed by atoms with van der Waals surface area (Å²) in [4.78, 5) is 1.98. The molecule has 7 heteroatoms. The first kappa shape index (κ1) is 18.0. The number of nitriles is 3. The number of nitrogens with two attached hydrogens (primary N) is 1. The molecule has 2 aliphatic rings. The number of hydrogen-bond donors (Lipinski definition) is 1. The Hall–Kier alpha value is -2.85. The van der Waals surface area contributed by atoms with Crippen LogP contribution < -0.4 is 5.73 Å². The number of rotatable bonds is 1. The third-order valence-electron chi connectivity index (χ3n) is 5.16. The van der Waals surface area contributed by atoms with Crippen LogP contribution in [0.5, 0.6) is 0 Å². The maximum atomic E-state index is 14.8. The maximum Gasteiger partial charge on any atom is 0.191 e. The van der Waals surface area contributed by atoms with Crippen molar-refractivity contribution in [3.05, 3.63) is 57.5 Å². The Labute approximate surface area is 156 Å². The van der Waals surface area contributed by atoms with E-state index in [0.29, 0.717) is 18.7 Å². The van der Waals surface area contributed by atoms with Crippen LogP contribution in [0.25, 0.3) is 0 Å². The van der Waals surface area contributed by atoms with E-state index in [1.807, 2.05) is 36.2 Å². The molecular weight excluding hydrogens is 353 g/mol. The van der Waals surface area contributed by atoms with Crippen LogP contribution in [0.3, 0.4) is 0 Å². The predicted molar refractivity (Wildman–Crippen MR) is 93.7 cm³/mol. The third-order valence-corrected chi connectivity index (χ3v) is 5.49. The number of likely N-dealkylation sites (N-methyl/N-ethyl adjacent to an activating group) is 1. The smallest absolute Gasteiger partial charge is 0.191 e. The minimum absolute atomic E-state index is 0.0865. The molecule has 1 aromatic rings. The Morgan fingerprint density at radius 3 is 2.58 bits per heavy atom. The van der Waals surface area contributed by atoms with Gasteiger partial charge in [-0.25, -0.2) is 4.39 Å². The molecule has 0 bridgehead atoms.